The van der Waals surface area contributed by atoms with Crippen molar-refractivity contribution >= 4 is 24.0 Å². The molecule has 1 atom stereocenters. The number of primary amides is 1. The smallest absolute Gasteiger partial charge is 0.251 e. The number of amides is 1. The van der Waals surface area contributed by atoms with Crippen LogP contribution < -0.4 is 10.5 Å². The molecule has 1 unspecified atom stereocenters. The lowest BCUT2D eigenvalue weighted by Gasteiger charge is -2.10. The van der Waals surface area contributed by atoms with E-state index in [0.717, 1.165) is 31.1 Å². The van der Waals surface area contributed by atoms with Crippen molar-refractivity contribution in [3.05, 3.63) is 47.5 Å². The quantitative estimate of drug-likeness (QED) is 0.385. The van der Waals surface area contributed by atoms with Gasteiger partial charge in [0.15, 0.2) is 0 Å². The van der Waals surface area contributed by atoms with Crippen LogP contribution in [0.1, 0.15) is 80.6 Å². The Balaban J connectivity index is 0.000000542. The standard InChI is InChI=1S/C18H20N2O3S.C6H12.CH4O/c1-3-10-24-18-15(17(19)22)8-9-16(20-18)23-14-6-4-13(5-7-14)12(2)11-21;1-2-4-6-5-3-1;1-2/h4-9,11-12H,3,10H2,1-2H3,(H2,19,22);1-6H2;2H,1H3. The van der Waals surface area contributed by atoms with Gasteiger partial charge in [0, 0.05) is 19.1 Å². The van der Waals surface area contributed by atoms with Crippen molar-refractivity contribution in [1.82, 2.24) is 4.98 Å². The molecule has 7 heteroatoms. The summed E-state index contributed by atoms with van der Waals surface area (Å²) in [4.78, 5) is 26.7. The van der Waals surface area contributed by atoms with Crippen molar-refractivity contribution in [3.63, 3.8) is 0 Å². The van der Waals surface area contributed by atoms with Crippen LogP contribution in [-0.2, 0) is 4.79 Å². The summed E-state index contributed by atoms with van der Waals surface area (Å²) in [6, 6.07) is 10.5. The number of aliphatic hydroxyl groups is 1. The van der Waals surface area contributed by atoms with Gasteiger partial charge in [-0.05, 0) is 35.9 Å². The van der Waals surface area contributed by atoms with Crippen molar-refractivity contribution in [2.75, 3.05) is 12.9 Å². The highest BCUT2D eigenvalue weighted by Gasteiger charge is 2.12. The lowest BCUT2D eigenvalue weighted by Crippen LogP contribution is -2.13. The third-order valence-corrected chi connectivity index (χ3v) is 6.07. The fraction of sp³-hybridized carbons (Fsp3) is 0.480. The summed E-state index contributed by atoms with van der Waals surface area (Å²) in [5.74, 6) is 1.20. The number of benzene rings is 1. The van der Waals surface area contributed by atoms with Crippen LogP contribution in [-0.4, -0.2) is 35.1 Å². The van der Waals surface area contributed by atoms with E-state index in [2.05, 4.69) is 11.9 Å². The number of aliphatic hydroxyl groups excluding tert-OH is 1. The lowest BCUT2D eigenvalue weighted by atomic mass is 10.0. The summed E-state index contributed by atoms with van der Waals surface area (Å²) >= 11 is 1.48. The van der Waals surface area contributed by atoms with E-state index >= 15 is 0 Å². The molecule has 3 rings (SSSR count). The van der Waals surface area contributed by atoms with Crippen molar-refractivity contribution in [2.45, 2.75) is 69.7 Å². The van der Waals surface area contributed by atoms with Gasteiger partial charge < -0.3 is 20.4 Å². The van der Waals surface area contributed by atoms with Crippen molar-refractivity contribution < 1.29 is 19.4 Å². The molecule has 1 fully saturated rings. The molecular formula is C25H36N2O4S. The first-order valence-electron chi connectivity index (χ1n) is 11.2. The number of carbonyl (C=O) groups excluding carboxylic acids is 2. The predicted molar refractivity (Wildman–Crippen MR) is 131 cm³/mol. The monoisotopic (exact) mass is 460 g/mol. The molecule has 1 aliphatic carbocycles. The largest absolute Gasteiger partial charge is 0.439 e. The van der Waals surface area contributed by atoms with Crippen LogP contribution in [0.2, 0.25) is 0 Å². The molecule has 1 aromatic carbocycles. The van der Waals surface area contributed by atoms with Gasteiger partial charge in [-0.2, -0.15) is 0 Å². The van der Waals surface area contributed by atoms with Gasteiger partial charge in [0.05, 0.1) is 5.56 Å². The van der Waals surface area contributed by atoms with Crippen LogP contribution >= 0.6 is 11.8 Å². The molecule has 0 spiro atoms. The number of aldehydes is 1. The first-order chi connectivity index (χ1) is 15.5. The minimum atomic E-state index is -0.500. The van der Waals surface area contributed by atoms with E-state index < -0.39 is 5.91 Å². The second-order valence-corrected chi connectivity index (χ2v) is 8.52. The highest BCUT2D eigenvalue weighted by atomic mass is 32.2. The van der Waals surface area contributed by atoms with Gasteiger partial charge in [0.25, 0.3) is 5.91 Å². The Bertz CT molecular complexity index is 797. The molecule has 0 bridgehead atoms. The second kappa shape index (κ2) is 16.3. The van der Waals surface area contributed by atoms with Crippen LogP contribution in [0.25, 0.3) is 0 Å². The summed E-state index contributed by atoms with van der Waals surface area (Å²) in [7, 11) is 1.00. The molecule has 1 amide bonds. The van der Waals surface area contributed by atoms with Crippen LogP contribution in [0.3, 0.4) is 0 Å². The summed E-state index contributed by atoms with van der Waals surface area (Å²) in [5, 5.41) is 7.58. The second-order valence-electron chi connectivity index (χ2n) is 7.43. The zero-order valence-electron chi connectivity index (χ0n) is 19.4. The molecular weight excluding hydrogens is 424 g/mol. The zero-order valence-corrected chi connectivity index (χ0v) is 20.2. The Morgan fingerprint density at radius 2 is 1.66 bits per heavy atom. The number of nitrogens with two attached hydrogens (primary N) is 1. The van der Waals surface area contributed by atoms with Gasteiger partial charge in [-0.25, -0.2) is 4.98 Å². The van der Waals surface area contributed by atoms with Gasteiger partial charge in [-0.1, -0.05) is 64.5 Å². The molecule has 6 nitrogen and oxygen atoms in total. The number of rotatable bonds is 8. The first kappa shape index (κ1) is 27.7. The molecule has 2 aromatic rings. The lowest BCUT2D eigenvalue weighted by molar-refractivity contribution is -0.108. The number of carbonyl (C=O) groups is 2. The Hall–Kier alpha value is -2.38. The SMILES string of the molecule is C1CCCCC1.CCCSc1nc(Oc2ccc(C(C)C=O)cc2)ccc1C(N)=O.CO. The molecule has 0 aliphatic heterocycles. The maximum Gasteiger partial charge on any atom is 0.251 e. The van der Waals surface area contributed by atoms with Gasteiger partial charge in [-0.15, -0.1) is 11.8 Å². The van der Waals surface area contributed by atoms with E-state index in [1.807, 2.05) is 19.1 Å². The minimum absolute atomic E-state index is 0.149. The van der Waals surface area contributed by atoms with Gasteiger partial charge in [0.1, 0.15) is 17.1 Å². The van der Waals surface area contributed by atoms with Gasteiger partial charge in [0.2, 0.25) is 5.88 Å². The molecule has 3 N–H and O–H groups in total. The van der Waals surface area contributed by atoms with Crippen LogP contribution in [0.5, 0.6) is 11.6 Å². The van der Waals surface area contributed by atoms with E-state index in [1.165, 1.54) is 50.3 Å². The first-order valence-corrected chi connectivity index (χ1v) is 12.1. The number of ether oxygens (including phenoxy) is 1. The number of hydrogen-bond donors (Lipinski definition) is 2. The minimum Gasteiger partial charge on any atom is -0.439 e. The number of aromatic nitrogens is 1. The third kappa shape index (κ3) is 9.83. The maximum absolute atomic E-state index is 11.5. The molecule has 1 aliphatic rings. The van der Waals surface area contributed by atoms with Gasteiger partial charge >= 0.3 is 0 Å². The van der Waals surface area contributed by atoms with E-state index in [4.69, 9.17) is 15.6 Å². The average molecular weight is 461 g/mol. The van der Waals surface area contributed by atoms with E-state index in [1.54, 1.807) is 24.3 Å². The van der Waals surface area contributed by atoms with Crippen molar-refractivity contribution in [1.29, 1.82) is 0 Å². The normalized spacial score (nSPS) is 13.5. The van der Waals surface area contributed by atoms with Crippen LogP contribution in [0.4, 0.5) is 0 Å². The molecule has 0 radical (unpaired) electrons. The van der Waals surface area contributed by atoms with E-state index in [9.17, 15) is 9.59 Å². The van der Waals surface area contributed by atoms with Crippen LogP contribution in [0.15, 0.2) is 41.4 Å². The molecule has 1 heterocycles. The fourth-order valence-corrected chi connectivity index (χ4v) is 3.95. The van der Waals surface area contributed by atoms with Crippen molar-refractivity contribution in [2.24, 2.45) is 5.73 Å². The topological polar surface area (TPSA) is 103 Å². The van der Waals surface area contributed by atoms with Crippen LogP contribution in [0, 0.1) is 0 Å². The number of thioether (sulfide) groups is 1. The molecule has 0 saturated heterocycles. The Kier molecular flexibility index (Phi) is 14.1. The van der Waals surface area contributed by atoms with E-state index in [0.29, 0.717) is 22.2 Å². The summed E-state index contributed by atoms with van der Waals surface area (Å²) < 4.78 is 5.74. The average Bonchev–Trinajstić information content (AvgIpc) is 2.85. The Labute approximate surface area is 196 Å². The highest BCUT2D eigenvalue weighted by Crippen LogP contribution is 2.27. The highest BCUT2D eigenvalue weighted by molar-refractivity contribution is 7.99. The number of pyridine rings is 1. The fourth-order valence-electron chi connectivity index (χ4n) is 3.08. The predicted octanol–water partition coefficient (Wildman–Crippen LogP) is 5.73. The summed E-state index contributed by atoms with van der Waals surface area (Å²) in [6.45, 7) is 3.89. The summed E-state index contributed by atoms with van der Waals surface area (Å²) in [6.07, 6.45) is 10.9. The maximum atomic E-state index is 11.5. The van der Waals surface area contributed by atoms with Gasteiger partial charge in [-0.3, -0.25) is 4.79 Å². The molecule has 176 valence electrons. The van der Waals surface area contributed by atoms with Crippen molar-refractivity contribution in [3.8, 4) is 11.6 Å². The third-order valence-electron chi connectivity index (χ3n) is 4.88. The molecule has 1 aromatic heterocycles. The molecule has 1 saturated carbocycles. The Morgan fingerprint density at radius 3 is 2.12 bits per heavy atom. The summed E-state index contributed by atoms with van der Waals surface area (Å²) in [5.41, 5.74) is 6.71. The molecule has 32 heavy (non-hydrogen) atoms. The Morgan fingerprint density at radius 1 is 1.09 bits per heavy atom. The zero-order chi connectivity index (χ0) is 23.8. The number of nitrogens with zero attached hydrogens (tertiary/aromatic N) is 1. The number of hydrogen-bond acceptors (Lipinski definition) is 6. The van der Waals surface area contributed by atoms with E-state index in [-0.39, 0.29) is 5.92 Å².